The second kappa shape index (κ2) is 4.61. The molecule has 0 fully saturated rings. The lowest BCUT2D eigenvalue weighted by atomic mass is 10.9. The lowest BCUT2D eigenvalue weighted by Gasteiger charge is -2.09. The van der Waals surface area contributed by atoms with E-state index < -0.39 is 7.60 Å². The van der Waals surface area contributed by atoms with Crippen molar-refractivity contribution < 1.29 is 18.4 Å². The van der Waals surface area contributed by atoms with Crippen LogP contribution >= 0.6 is 7.60 Å². The molecular formula is C5H11O4P. The van der Waals surface area contributed by atoms with Gasteiger partial charge >= 0.3 is 7.60 Å². The Balaban J connectivity index is 3.63. The molecule has 10 heavy (non-hydrogen) atoms. The Morgan fingerprint density at radius 2 is 2.10 bits per heavy atom. The number of hydrogen-bond acceptors (Lipinski definition) is 4. The van der Waals surface area contributed by atoms with Gasteiger partial charge in [-0.3, -0.25) is 4.57 Å². The second-order valence-electron chi connectivity index (χ2n) is 1.65. The van der Waals surface area contributed by atoms with Gasteiger partial charge in [0.1, 0.15) is 12.9 Å². The van der Waals surface area contributed by atoms with Crippen LogP contribution in [0.2, 0.25) is 0 Å². The summed E-state index contributed by atoms with van der Waals surface area (Å²) in [6.45, 7) is 3.20. The van der Waals surface area contributed by atoms with Crippen molar-refractivity contribution in [3.63, 3.8) is 0 Å². The second-order valence-corrected chi connectivity index (χ2v) is 3.71. The third-order valence-corrected chi connectivity index (χ3v) is 2.09. The maximum atomic E-state index is 11.0. The summed E-state index contributed by atoms with van der Waals surface area (Å²) < 4.78 is 20.3. The molecule has 0 saturated carbocycles. The molecule has 0 spiro atoms. The summed E-state index contributed by atoms with van der Waals surface area (Å²) in [5.74, 6) is 0. The first-order valence-corrected chi connectivity index (χ1v) is 4.91. The average Bonchev–Trinajstić information content (AvgIpc) is 1.84. The van der Waals surface area contributed by atoms with E-state index in [1.165, 1.54) is 6.66 Å². The Bertz CT molecular complexity index is 145. The highest BCUT2D eigenvalue weighted by Gasteiger charge is 2.14. The Hall–Kier alpha value is -0.180. The molecule has 0 amide bonds. The monoisotopic (exact) mass is 166 g/mol. The van der Waals surface area contributed by atoms with E-state index in [-0.39, 0.29) is 6.61 Å². The number of hydrogen-bond donors (Lipinski definition) is 0. The van der Waals surface area contributed by atoms with E-state index >= 15 is 0 Å². The number of aldehydes is 1. The van der Waals surface area contributed by atoms with Crippen LogP contribution < -0.4 is 0 Å². The van der Waals surface area contributed by atoms with E-state index in [1.54, 1.807) is 6.92 Å². The highest BCUT2D eigenvalue weighted by Crippen LogP contribution is 2.42. The van der Waals surface area contributed by atoms with Gasteiger partial charge in [0.05, 0.1) is 6.61 Å². The molecule has 0 saturated heterocycles. The minimum Gasteiger partial charge on any atom is -0.309 e. The standard InChI is InChI=1S/C5H11O4P/c1-3-8-10(2,7)9-5-4-6/h4H,3,5H2,1-2H3. The Labute approximate surface area is 60.1 Å². The fourth-order valence-corrected chi connectivity index (χ4v) is 1.31. The molecule has 1 atom stereocenters. The number of carbonyl (C=O) groups is 1. The predicted molar refractivity (Wildman–Crippen MR) is 37.2 cm³/mol. The number of rotatable bonds is 5. The third kappa shape index (κ3) is 4.68. The van der Waals surface area contributed by atoms with Crippen LogP contribution in [0.15, 0.2) is 0 Å². The molecule has 1 unspecified atom stereocenters. The summed E-state index contributed by atoms with van der Waals surface area (Å²) in [6, 6.07) is 0. The SMILES string of the molecule is CCOP(C)(=O)OCC=O. The van der Waals surface area contributed by atoms with Crippen LogP contribution in [0.5, 0.6) is 0 Å². The zero-order valence-electron chi connectivity index (χ0n) is 6.07. The van der Waals surface area contributed by atoms with Crippen LogP contribution in [0.25, 0.3) is 0 Å². The first kappa shape index (κ1) is 9.82. The highest BCUT2D eigenvalue weighted by atomic mass is 31.2. The van der Waals surface area contributed by atoms with Crippen LogP contribution in [-0.2, 0) is 18.4 Å². The van der Waals surface area contributed by atoms with Gasteiger partial charge in [0, 0.05) is 6.66 Å². The van der Waals surface area contributed by atoms with E-state index in [0.717, 1.165) is 0 Å². The van der Waals surface area contributed by atoms with Crippen LogP contribution in [0.1, 0.15) is 6.92 Å². The minimum absolute atomic E-state index is 0.173. The van der Waals surface area contributed by atoms with Crippen molar-refractivity contribution in [1.29, 1.82) is 0 Å². The van der Waals surface area contributed by atoms with E-state index in [0.29, 0.717) is 12.9 Å². The molecule has 0 N–H and O–H groups in total. The highest BCUT2D eigenvalue weighted by molar-refractivity contribution is 7.53. The van der Waals surface area contributed by atoms with Crippen LogP contribution in [0.3, 0.4) is 0 Å². The van der Waals surface area contributed by atoms with Gasteiger partial charge in [-0.2, -0.15) is 0 Å². The summed E-state index contributed by atoms with van der Waals surface area (Å²) in [6.07, 6.45) is 0.537. The normalized spacial score (nSPS) is 16.2. The van der Waals surface area contributed by atoms with Gasteiger partial charge in [-0.05, 0) is 6.92 Å². The van der Waals surface area contributed by atoms with Crippen molar-refractivity contribution in [2.45, 2.75) is 6.92 Å². The molecule has 5 heteroatoms. The Morgan fingerprint density at radius 3 is 2.50 bits per heavy atom. The molecule has 0 heterocycles. The van der Waals surface area contributed by atoms with Gasteiger partial charge in [-0.15, -0.1) is 0 Å². The molecule has 0 aromatic heterocycles. The molecule has 60 valence electrons. The van der Waals surface area contributed by atoms with Crippen molar-refractivity contribution in [2.75, 3.05) is 19.9 Å². The van der Waals surface area contributed by atoms with Gasteiger partial charge in [-0.25, -0.2) is 0 Å². The van der Waals surface area contributed by atoms with Crippen molar-refractivity contribution >= 4 is 13.9 Å². The van der Waals surface area contributed by atoms with Crippen LogP contribution in [-0.4, -0.2) is 26.2 Å². The van der Waals surface area contributed by atoms with E-state index in [9.17, 15) is 9.36 Å². The molecule has 0 radical (unpaired) electrons. The van der Waals surface area contributed by atoms with Gasteiger partial charge in [0.2, 0.25) is 0 Å². The van der Waals surface area contributed by atoms with Gasteiger partial charge in [0.25, 0.3) is 0 Å². The first-order valence-electron chi connectivity index (χ1n) is 2.92. The summed E-state index contributed by atoms with van der Waals surface area (Å²) in [5.41, 5.74) is 0. The topological polar surface area (TPSA) is 52.6 Å². The maximum Gasteiger partial charge on any atom is 0.328 e. The van der Waals surface area contributed by atoms with Crippen molar-refractivity contribution in [2.24, 2.45) is 0 Å². The largest absolute Gasteiger partial charge is 0.328 e. The Kier molecular flexibility index (Phi) is 4.52. The third-order valence-electron chi connectivity index (χ3n) is 0.741. The minimum atomic E-state index is -2.94. The van der Waals surface area contributed by atoms with E-state index in [4.69, 9.17) is 4.52 Å². The quantitative estimate of drug-likeness (QED) is 0.452. The van der Waals surface area contributed by atoms with E-state index in [2.05, 4.69) is 4.52 Å². The summed E-state index contributed by atoms with van der Waals surface area (Å²) in [7, 11) is -2.94. The van der Waals surface area contributed by atoms with Crippen LogP contribution in [0.4, 0.5) is 0 Å². The molecule has 4 nitrogen and oxygen atoms in total. The van der Waals surface area contributed by atoms with Crippen molar-refractivity contribution in [3.05, 3.63) is 0 Å². The predicted octanol–water partition coefficient (Wildman–Crippen LogP) is 1.06. The summed E-state index contributed by atoms with van der Waals surface area (Å²) >= 11 is 0. The fraction of sp³-hybridized carbons (Fsp3) is 0.800. The van der Waals surface area contributed by atoms with Gasteiger partial charge < -0.3 is 13.8 Å². The first-order chi connectivity index (χ1) is 4.62. The zero-order chi connectivity index (χ0) is 8.04. The molecule has 0 aromatic rings. The summed E-state index contributed by atoms with van der Waals surface area (Å²) in [4.78, 5) is 9.75. The molecule has 0 aromatic carbocycles. The molecule has 0 rings (SSSR count). The zero-order valence-corrected chi connectivity index (χ0v) is 6.97. The fourth-order valence-electron chi connectivity index (χ4n) is 0.438. The molecule has 0 bridgehead atoms. The molecule has 0 aliphatic carbocycles. The lowest BCUT2D eigenvalue weighted by Crippen LogP contribution is -1.96. The maximum absolute atomic E-state index is 11.0. The lowest BCUT2D eigenvalue weighted by molar-refractivity contribution is -0.109. The molecule has 0 aliphatic rings. The average molecular weight is 166 g/mol. The molecule has 0 aliphatic heterocycles. The number of carbonyl (C=O) groups excluding carboxylic acids is 1. The van der Waals surface area contributed by atoms with E-state index in [1.807, 2.05) is 0 Å². The van der Waals surface area contributed by atoms with Crippen molar-refractivity contribution in [1.82, 2.24) is 0 Å². The van der Waals surface area contributed by atoms with Gasteiger partial charge in [-0.1, -0.05) is 0 Å². The molecular weight excluding hydrogens is 155 g/mol. The van der Waals surface area contributed by atoms with Crippen LogP contribution in [0, 0.1) is 0 Å². The smallest absolute Gasteiger partial charge is 0.309 e. The van der Waals surface area contributed by atoms with Crippen molar-refractivity contribution in [3.8, 4) is 0 Å². The summed E-state index contributed by atoms with van der Waals surface area (Å²) in [5, 5.41) is 0. The Morgan fingerprint density at radius 1 is 1.50 bits per heavy atom. The van der Waals surface area contributed by atoms with Gasteiger partial charge in [0.15, 0.2) is 0 Å².